The highest BCUT2D eigenvalue weighted by molar-refractivity contribution is 5.73. The normalized spacial score (nSPS) is 10.3. The van der Waals surface area contributed by atoms with E-state index in [4.69, 9.17) is 10.5 Å². The van der Waals surface area contributed by atoms with Crippen molar-refractivity contribution in [1.29, 1.82) is 0 Å². The van der Waals surface area contributed by atoms with Gasteiger partial charge in [0, 0.05) is 12.8 Å². The van der Waals surface area contributed by atoms with Crippen LogP contribution in [0.5, 0.6) is 0 Å². The van der Waals surface area contributed by atoms with Gasteiger partial charge in [-0.25, -0.2) is 9.97 Å². The number of nitrogens with zero attached hydrogens (tertiary/aromatic N) is 3. The van der Waals surface area contributed by atoms with Crippen LogP contribution in [0.25, 0.3) is 0 Å². The summed E-state index contributed by atoms with van der Waals surface area (Å²) < 4.78 is 5.05. The van der Waals surface area contributed by atoms with E-state index in [0.29, 0.717) is 13.0 Å². The number of nitrogens with one attached hydrogen (secondary N) is 1. The van der Waals surface area contributed by atoms with E-state index in [2.05, 4.69) is 15.3 Å². The summed E-state index contributed by atoms with van der Waals surface area (Å²) in [5.41, 5.74) is 6.89. The number of hydrogen-bond donors (Lipinski definition) is 2. The zero-order valence-corrected chi connectivity index (χ0v) is 11.4. The third kappa shape index (κ3) is 3.42. The summed E-state index contributed by atoms with van der Waals surface area (Å²) in [5.74, 6) is -0.107. The van der Waals surface area contributed by atoms with Crippen LogP contribution in [0.4, 0.5) is 23.0 Å². The predicted octanol–water partition coefficient (Wildman–Crippen LogP) is 1.90. The maximum atomic E-state index is 11.1. The minimum absolute atomic E-state index is 0.0670. The van der Waals surface area contributed by atoms with E-state index in [1.807, 2.05) is 24.3 Å². The summed E-state index contributed by atoms with van der Waals surface area (Å²) in [6, 6.07) is 7.44. The molecule has 0 saturated heterocycles. The molecular weight excluding hydrogens is 274 g/mol. The summed E-state index contributed by atoms with van der Waals surface area (Å²) in [6.07, 6.45) is 1.86. The Balaban J connectivity index is 2.35. The molecule has 0 saturated carbocycles. The third-order valence-corrected chi connectivity index (χ3v) is 2.88. The average Bonchev–Trinajstić information content (AvgIpc) is 2.46. The number of para-hydroxylation sites is 1. The molecule has 0 aliphatic heterocycles. The molecule has 0 radical (unpaired) electrons. The Bertz CT molecular complexity index is 647. The second-order valence-corrected chi connectivity index (χ2v) is 4.24. The standard InChI is InChI=1S/C13H15N5O3/c1-21-7-6-9-4-2-3-5-10(9)17-13-11(18(19)20)12(14)15-8-16-13/h2-5,8H,6-7H2,1H3,(H3,14,15,16,17). The summed E-state index contributed by atoms with van der Waals surface area (Å²) in [4.78, 5) is 18.0. The molecule has 1 heterocycles. The van der Waals surface area contributed by atoms with Gasteiger partial charge in [-0.3, -0.25) is 10.1 Å². The van der Waals surface area contributed by atoms with Crippen LogP contribution in [0.15, 0.2) is 30.6 Å². The highest BCUT2D eigenvalue weighted by Crippen LogP contribution is 2.30. The second-order valence-electron chi connectivity index (χ2n) is 4.24. The molecule has 0 atom stereocenters. The van der Waals surface area contributed by atoms with Gasteiger partial charge in [-0.1, -0.05) is 18.2 Å². The van der Waals surface area contributed by atoms with Crippen molar-refractivity contribution >= 4 is 23.0 Å². The van der Waals surface area contributed by atoms with E-state index >= 15 is 0 Å². The van der Waals surface area contributed by atoms with Crippen LogP contribution in [0.2, 0.25) is 0 Å². The Morgan fingerprint density at radius 2 is 2.14 bits per heavy atom. The number of nitro groups is 1. The quantitative estimate of drug-likeness (QED) is 0.616. The number of aromatic nitrogens is 2. The van der Waals surface area contributed by atoms with E-state index in [1.54, 1.807) is 7.11 Å². The van der Waals surface area contributed by atoms with Crippen molar-refractivity contribution in [1.82, 2.24) is 9.97 Å². The number of benzene rings is 1. The molecule has 0 amide bonds. The molecule has 21 heavy (non-hydrogen) atoms. The van der Waals surface area contributed by atoms with E-state index < -0.39 is 4.92 Å². The predicted molar refractivity (Wildman–Crippen MR) is 78.4 cm³/mol. The molecule has 2 rings (SSSR count). The molecule has 110 valence electrons. The van der Waals surface area contributed by atoms with Crippen LogP contribution in [0.3, 0.4) is 0 Å². The van der Waals surface area contributed by atoms with Crippen LogP contribution in [-0.2, 0) is 11.2 Å². The van der Waals surface area contributed by atoms with Gasteiger partial charge in [-0.2, -0.15) is 0 Å². The van der Waals surface area contributed by atoms with Gasteiger partial charge in [0.1, 0.15) is 6.33 Å². The fraction of sp³-hybridized carbons (Fsp3) is 0.231. The lowest BCUT2D eigenvalue weighted by molar-refractivity contribution is -0.383. The Morgan fingerprint density at radius 3 is 2.86 bits per heavy atom. The van der Waals surface area contributed by atoms with Crippen molar-refractivity contribution in [3.05, 3.63) is 46.3 Å². The number of nitrogen functional groups attached to an aromatic ring is 1. The fourth-order valence-electron chi connectivity index (χ4n) is 1.86. The molecule has 8 nitrogen and oxygen atoms in total. The molecule has 2 aromatic rings. The number of hydrogen-bond acceptors (Lipinski definition) is 7. The highest BCUT2D eigenvalue weighted by Gasteiger charge is 2.21. The van der Waals surface area contributed by atoms with E-state index in [1.165, 1.54) is 6.33 Å². The van der Waals surface area contributed by atoms with E-state index in [9.17, 15) is 10.1 Å². The van der Waals surface area contributed by atoms with Crippen LogP contribution in [0.1, 0.15) is 5.56 Å². The first-order valence-electron chi connectivity index (χ1n) is 6.22. The molecule has 1 aromatic heterocycles. The van der Waals surface area contributed by atoms with Crippen molar-refractivity contribution in [2.45, 2.75) is 6.42 Å². The molecule has 8 heteroatoms. The smallest absolute Gasteiger partial charge is 0.353 e. The van der Waals surface area contributed by atoms with Gasteiger partial charge in [0.2, 0.25) is 11.6 Å². The zero-order valence-electron chi connectivity index (χ0n) is 11.4. The second kappa shape index (κ2) is 6.62. The topological polar surface area (TPSA) is 116 Å². The fourth-order valence-corrected chi connectivity index (χ4v) is 1.86. The van der Waals surface area contributed by atoms with E-state index in [-0.39, 0.29) is 17.3 Å². The van der Waals surface area contributed by atoms with Crippen LogP contribution >= 0.6 is 0 Å². The summed E-state index contributed by atoms with van der Waals surface area (Å²) >= 11 is 0. The summed E-state index contributed by atoms with van der Waals surface area (Å²) in [5, 5.41) is 14.0. The maximum Gasteiger partial charge on any atom is 0.353 e. The molecule has 0 spiro atoms. The lowest BCUT2D eigenvalue weighted by atomic mass is 10.1. The van der Waals surface area contributed by atoms with E-state index in [0.717, 1.165) is 11.3 Å². The molecule has 0 aliphatic rings. The lowest BCUT2D eigenvalue weighted by Crippen LogP contribution is -2.06. The van der Waals surface area contributed by atoms with Crippen molar-refractivity contribution in [2.24, 2.45) is 0 Å². The number of methoxy groups -OCH3 is 1. The Morgan fingerprint density at radius 1 is 1.38 bits per heavy atom. The maximum absolute atomic E-state index is 11.1. The van der Waals surface area contributed by atoms with Gasteiger partial charge in [0.05, 0.1) is 11.5 Å². The Labute approximate surface area is 121 Å². The Hall–Kier alpha value is -2.74. The van der Waals surface area contributed by atoms with Crippen LogP contribution < -0.4 is 11.1 Å². The molecule has 0 bridgehead atoms. The first kappa shape index (κ1) is 14.7. The van der Waals surface area contributed by atoms with Crippen LogP contribution in [0, 0.1) is 10.1 Å². The lowest BCUT2D eigenvalue weighted by Gasteiger charge is -2.11. The average molecular weight is 289 g/mol. The highest BCUT2D eigenvalue weighted by atomic mass is 16.6. The molecule has 1 aromatic carbocycles. The van der Waals surface area contributed by atoms with Gasteiger partial charge in [-0.15, -0.1) is 0 Å². The first-order valence-corrected chi connectivity index (χ1v) is 6.22. The van der Waals surface area contributed by atoms with Crippen molar-refractivity contribution in [3.8, 4) is 0 Å². The number of anilines is 3. The van der Waals surface area contributed by atoms with Crippen molar-refractivity contribution < 1.29 is 9.66 Å². The SMILES string of the molecule is COCCc1ccccc1Nc1ncnc(N)c1[N+](=O)[O-]. The Kier molecular flexibility index (Phi) is 4.62. The number of ether oxygens (including phenoxy) is 1. The third-order valence-electron chi connectivity index (χ3n) is 2.88. The van der Waals surface area contributed by atoms with Gasteiger partial charge in [-0.05, 0) is 18.1 Å². The van der Waals surface area contributed by atoms with Gasteiger partial charge < -0.3 is 15.8 Å². The molecule has 0 fully saturated rings. The molecule has 0 unspecified atom stereocenters. The monoisotopic (exact) mass is 289 g/mol. The largest absolute Gasteiger partial charge is 0.384 e. The molecule has 3 N–H and O–H groups in total. The van der Waals surface area contributed by atoms with Crippen molar-refractivity contribution in [3.63, 3.8) is 0 Å². The summed E-state index contributed by atoms with van der Waals surface area (Å²) in [6.45, 7) is 0.548. The summed E-state index contributed by atoms with van der Waals surface area (Å²) in [7, 11) is 1.62. The minimum atomic E-state index is -0.602. The van der Waals surface area contributed by atoms with Gasteiger partial charge >= 0.3 is 5.69 Å². The van der Waals surface area contributed by atoms with Gasteiger partial charge in [0.15, 0.2) is 0 Å². The number of rotatable bonds is 6. The number of nitrogens with two attached hydrogens (primary N) is 1. The first-order chi connectivity index (χ1) is 10.1. The molecular formula is C13H15N5O3. The van der Waals surface area contributed by atoms with Crippen LogP contribution in [-0.4, -0.2) is 28.6 Å². The molecule has 0 aliphatic carbocycles. The zero-order chi connectivity index (χ0) is 15.2. The minimum Gasteiger partial charge on any atom is -0.384 e. The van der Waals surface area contributed by atoms with Crippen molar-refractivity contribution in [2.75, 3.05) is 24.8 Å². The van der Waals surface area contributed by atoms with Gasteiger partial charge in [0.25, 0.3) is 0 Å².